The summed E-state index contributed by atoms with van der Waals surface area (Å²) in [5, 5.41) is 10.4. The summed E-state index contributed by atoms with van der Waals surface area (Å²) in [5.74, 6) is -0.174. The van der Waals surface area contributed by atoms with Gasteiger partial charge in [-0.25, -0.2) is 9.37 Å². The molecule has 1 aliphatic rings. The molecule has 2 atom stereocenters. The molecule has 1 aliphatic heterocycles. The van der Waals surface area contributed by atoms with Gasteiger partial charge < -0.3 is 14.4 Å². The first-order chi connectivity index (χ1) is 11.6. The molecule has 0 spiro atoms. The minimum Gasteiger partial charge on any atom is -0.467 e. The zero-order valence-corrected chi connectivity index (χ0v) is 13.4. The zero-order chi connectivity index (χ0) is 16.9. The van der Waals surface area contributed by atoms with Crippen LogP contribution in [0.15, 0.2) is 41.1 Å². The van der Waals surface area contributed by atoms with Gasteiger partial charge in [-0.3, -0.25) is 4.79 Å². The molecule has 0 bridgehead atoms. The first kappa shape index (κ1) is 16.6. The quantitative estimate of drug-likeness (QED) is 0.933. The highest BCUT2D eigenvalue weighted by Crippen LogP contribution is 2.27. The fourth-order valence-corrected chi connectivity index (χ4v) is 3.19. The van der Waals surface area contributed by atoms with Gasteiger partial charge in [-0.15, -0.1) is 0 Å². The Bertz CT molecular complexity index is 657. The largest absolute Gasteiger partial charge is 0.467 e. The van der Waals surface area contributed by atoms with Gasteiger partial charge in [-0.05, 0) is 37.1 Å². The number of furan rings is 1. The predicted molar refractivity (Wildman–Crippen MR) is 85.8 cm³/mol. The highest BCUT2D eigenvalue weighted by Gasteiger charge is 2.29. The molecule has 128 valence electrons. The normalized spacial score (nSPS) is 19.8. The Morgan fingerprint density at radius 2 is 2.25 bits per heavy atom. The summed E-state index contributed by atoms with van der Waals surface area (Å²) in [6.45, 7) is 0.618. The van der Waals surface area contributed by atoms with E-state index < -0.39 is 11.9 Å². The van der Waals surface area contributed by atoms with Gasteiger partial charge in [0.15, 0.2) is 0 Å². The van der Waals surface area contributed by atoms with Gasteiger partial charge in [-0.1, -0.05) is 12.8 Å². The third-order valence-electron chi connectivity index (χ3n) is 4.45. The van der Waals surface area contributed by atoms with Crippen LogP contribution in [0.1, 0.15) is 54.5 Å². The summed E-state index contributed by atoms with van der Waals surface area (Å²) in [6, 6.07) is 6.02. The van der Waals surface area contributed by atoms with Gasteiger partial charge in [-0.2, -0.15) is 0 Å². The summed E-state index contributed by atoms with van der Waals surface area (Å²) in [7, 11) is 0. The highest BCUT2D eigenvalue weighted by atomic mass is 19.1. The van der Waals surface area contributed by atoms with Crippen molar-refractivity contribution in [2.24, 2.45) is 0 Å². The lowest BCUT2D eigenvalue weighted by Gasteiger charge is -2.31. The van der Waals surface area contributed by atoms with Crippen molar-refractivity contribution >= 4 is 5.91 Å². The van der Waals surface area contributed by atoms with Crippen molar-refractivity contribution < 1.29 is 18.7 Å². The summed E-state index contributed by atoms with van der Waals surface area (Å²) in [5.41, 5.74) is 0.232. The number of rotatable bonds is 4. The Morgan fingerprint density at radius 1 is 1.38 bits per heavy atom. The number of aliphatic hydroxyl groups is 1. The van der Waals surface area contributed by atoms with Crippen molar-refractivity contribution in [3.05, 3.63) is 54.0 Å². The molecule has 0 aliphatic carbocycles. The highest BCUT2D eigenvalue weighted by molar-refractivity contribution is 5.92. The van der Waals surface area contributed by atoms with E-state index in [1.54, 1.807) is 17.0 Å². The molecule has 3 rings (SSSR count). The summed E-state index contributed by atoms with van der Waals surface area (Å²) >= 11 is 0. The Balaban J connectivity index is 1.76. The van der Waals surface area contributed by atoms with Gasteiger partial charge in [0, 0.05) is 19.0 Å². The van der Waals surface area contributed by atoms with E-state index >= 15 is 0 Å². The second-order valence-corrected chi connectivity index (χ2v) is 6.13. The van der Waals surface area contributed by atoms with Crippen molar-refractivity contribution in [2.45, 2.75) is 44.2 Å². The molecule has 0 saturated carbocycles. The number of carbonyl (C=O) groups excluding carboxylic acids is 1. The molecule has 1 N–H and O–H groups in total. The lowest BCUT2D eigenvalue weighted by molar-refractivity contribution is 0.0552. The molecule has 0 unspecified atom stereocenters. The first-order valence-corrected chi connectivity index (χ1v) is 8.29. The number of aromatic nitrogens is 1. The fraction of sp³-hybridized carbons (Fsp3) is 0.444. The molecule has 24 heavy (non-hydrogen) atoms. The van der Waals surface area contributed by atoms with Crippen LogP contribution in [-0.2, 0) is 0 Å². The smallest absolute Gasteiger partial charge is 0.272 e. The van der Waals surface area contributed by atoms with Gasteiger partial charge in [0.1, 0.15) is 23.4 Å². The van der Waals surface area contributed by atoms with E-state index in [2.05, 4.69) is 4.98 Å². The molecular weight excluding hydrogens is 311 g/mol. The predicted octanol–water partition coefficient (Wildman–Crippen LogP) is 3.32. The molecule has 2 aromatic heterocycles. The molecule has 1 saturated heterocycles. The number of hydrogen-bond donors (Lipinski definition) is 1. The van der Waals surface area contributed by atoms with E-state index in [9.17, 15) is 14.3 Å². The van der Waals surface area contributed by atoms with Crippen molar-refractivity contribution in [3.63, 3.8) is 0 Å². The van der Waals surface area contributed by atoms with Crippen LogP contribution >= 0.6 is 0 Å². The van der Waals surface area contributed by atoms with Crippen LogP contribution in [0.3, 0.4) is 0 Å². The number of halogens is 1. The number of carbonyl (C=O) groups is 1. The standard InChI is InChI=1S/C18H21FN2O3/c19-13-7-8-15(20-12-13)18(23)21-9-3-1-2-5-14(21)11-16(22)17-6-4-10-24-17/h4,6-8,10,12,14,16,22H,1-3,5,9,11H2/t14-,16+/m0/s1. The van der Waals surface area contributed by atoms with Crippen LogP contribution < -0.4 is 0 Å². The fourth-order valence-electron chi connectivity index (χ4n) is 3.19. The maximum Gasteiger partial charge on any atom is 0.272 e. The van der Waals surface area contributed by atoms with Crippen LogP contribution in [0.4, 0.5) is 4.39 Å². The van der Waals surface area contributed by atoms with Crippen LogP contribution in [0, 0.1) is 5.82 Å². The molecule has 0 radical (unpaired) electrons. The average molecular weight is 332 g/mol. The monoisotopic (exact) mass is 332 g/mol. The van der Waals surface area contributed by atoms with Gasteiger partial charge in [0.05, 0.1) is 12.5 Å². The van der Waals surface area contributed by atoms with E-state index in [1.165, 1.54) is 18.4 Å². The molecule has 2 aromatic rings. The van der Waals surface area contributed by atoms with Crippen molar-refractivity contribution in [1.82, 2.24) is 9.88 Å². The minimum atomic E-state index is -0.750. The molecule has 1 amide bonds. The van der Waals surface area contributed by atoms with Crippen LogP contribution in [-0.4, -0.2) is 33.5 Å². The molecule has 5 nitrogen and oxygen atoms in total. The van der Waals surface area contributed by atoms with Crippen LogP contribution in [0.5, 0.6) is 0 Å². The summed E-state index contributed by atoms with van der Waals surface area (Å²) in [4.78, 5) is 18.4. The van der Waals surface area contributed by atoms with E-state index in [0.29, 0.717) is 18.7 Å². The topological polar surface area (TPSA) is 66.6 Å². The Hall–Kier alpha value is -2.21. The Labute approximate surface area is 140 Å². The molecule has 6 heteroatoms. The van der Waals surface area contributed by atoms with E-state index in [0.717, 1.165) is 31.9 Å². The van der Waals surface area contributed by atoms with Crippen molar-refractivity contribution in [3.8, 4) is 0 Å². The first-order valence-electron chi connectivity index (χ1n) is 8.29. The van der Waals surface area contributed by atoms with E-state index in [-0.39, 0.29) is 17.6 Å². The maximum atomic E-state index is 13.0. The van der Waals surface area contributed by atoms with Crippen molar-refractivity contribution in [1.29, 1.82) is 0 Å². The third kappa shape index (κ3) is 3.82. The number of hydrogen-bond acceptors (Lipinski definition) is 4. The molecular formula is C18H21FN2O3. The second kappa shape index (κ2) is 7.57. The SMILES string of the molecule is O=C(c1ccc(F)cn1)N1CCCCC[C@H]1C[C@@H](O)c1ccco1. The lowest BCUT2D eigenvalue weighted by atomic mass is 10.0. The van der Waals surface area contributed by atoms with Gasteiger partial charge in [0.25, 0.3) is 5.91 Å². The molecule has 1 fully saturated rings. The second-order valence-electron chi connectivity index (χ2n) is 6.13. The molecule has 3 heterocycles. The maximum absolute atomic E-state index is 13.0. The van der Waals surface area contributed by atoms with Gasteiger partial charge in [0.2, 0.25) is 0 Å². The van der Waals surface area contributed by atoms with Crippen LogP contribution in [0.2, 0.25) is 0 Å². The number of pyridine rings is 1. The Kier molecular flexibility index (Phi) is 5.25. The van der Waals surface area contributed by atoms with Crippen LogP contribution in [0.25, 0.3) is 0 Å². The van der Waals surface area contributed by atoms with Crippen molar-refractivity contribution in [2.75, 3.05) is 6.54 Å². The lowest BCUT2D eigenvalue weighted by Crippen LogP contribution is -2.41. The minimum absolute atomic E-state index is 0.0908. The zero-order valence-electron chi connectivity index (χ0n) is 13.4. The third-order valence-corrected chi connectivity index (χ3v) is 4.45. The van der Waals surface area contributed by atoms with Gasteiger partial charge >= 0.3 is 0 Å². The summed E-state index contributed by atoms with van der Waals surface area (Å²) < 4.78 is 18.3. The molecule has 0 aromatic carbocycles. The summed E-state index contributed by atoms with van der Waals surface area (Å²) in [6.07, 6.45) is 6.05. The average Bonchev–Trinajstić information content (AvgIpc) is 3.03. The number of likely N-dealkylation sites (tertiary alicyclic amines) is 1. The number of aliphatic hydroxyl groups excluding tert-OH is 1. The van der Waals surface area contributed by atoms with E-state index in [1.807, 2.05) is 0 Å². The van der Waals surface area contributed by atoms with E-state index in [4.69, 9.17) is 4.42 Å². The Morgan fingerprint density at radius 3 is 2.96 bits per heavy atom. The number of nitrogens with zero attached hydrogens (tertiary/aromatic N) is 2. The number of amides is 1.